The van der Waals surface area contributed by atoms with Crippen molar-refractivity contribution in [3.63, 3.8) is 0 Å². The number of thiazole rings is 1. The number of hydrogen-bond donors (Lipinski definition) is 2. The van der Waals surface area contributed by atoms with Crippen LogP contribution in [0.1, 0.15) is 21.4 Å². The first-order valence-corrected chi connectivity index (χ1v) is 8.76. The summed E-state index contributed by atoms with van der Waals surface area (Å²) in [6, 6.07) is 5.64. The maximum Gasteiger partial charge on any atom is 0.275 e. The van der Waals surface area contributed by atoms with E-state index >= 15 is 0 Å². The van der Waals surface area contributed by atoms with E-state index in [0.29, 0.717) is 5.75 Å². The molecule has 0 aliphatic heterocycles. The molecule has 0 bridgehead atoms. The molecule has 2 aromatic heterocycles. The van der Waals surface area contributed by atoms with E-state index in [9.17, 15) is 9.90 Å². The van der Waals surface area contributed by atoms with Crippen molar-refractivity contribution >= 4 is 27.5 Å². The van der Waals surface area contributed by atoms with Crippen molar-refractivity contribution in [3.05, 3.63) is 41.1 Å². The van der Waals surface area contributed by atoms with Crippen LogP contribution in [-0.2, 0) is 6.61 Å². The van der Waals surface area contributed by atoms with Crippen molar-refractivity contribution in [1.29, 1.82) is 0 Å². The third-order valence-electron chi connectivity index (χ3n) is 3.64. The van der Waals surface area contributed by atoms with Crippen LogP contribution in [0.4, 0.5) is 0 Å². The van der Waals surface area contributed by atoms with Gasteiger partial charge in [-0.25, -0.2) is 9.97 Å². The number of aromatic nitrogens is 2. The van der Waals surface area contributed by atoms with Crippen LogP contribution in [0, 0.1) is 6.92 Å². The highest BCUT2D eigenvalue weighted by Crippen LogP contribution is 2.26. The fourth-order valence-electron chi connectivity index (χ4n) is 2.39. The molecule has 0 spiro atoms. The summed E-state index contributed by atoms with van der Waals surface area (Å²) in [5, 5.41) is 19.2. The van der Waals surface area contributed by atoms with Crippen molar-refractivity contribution in [2.75, 3.05) is 20.2 Å². The molecule has 3 aromatic rings. The number of carbonyl (C=O) groups is 1. The zero-order valence-electron chi connectivity index (χ0n) is 14.4. The van der Waals surface area contributed by atoms with E-state index in [-0.39, 0.29) is 24.7 Å². The number of oxazole rings is 1. The normalized spacial score (nSPS) is 12.3. The monoisotopic (exact) mass is 377 g/mol. The molecule has 9 heteroatoms. The van der Waals surface area contributed by atoms with Gasteiger partial charge < -0.3 is 24.3 Å². The minimum atomic E-state index is -0.997. The quantitative estimate of drug-likeness (QED) is 0.644. The van der Waals surface area contributed by atoms with Crippen LogP contribution in [0.25, 0.3) is 10.2 Å². The molecule has 8 nitrogen and oxygen atoms in total. The number of aryl methyl sites for hydroxylation is 1. The highest BCUT2D eigenvalue weighted by Gasteiger charge is 2.19. The maximum absolute atomic E-state index is 12.2. The Bertz CT molecular complexity index is 907. The first-order valence-electron chi connectivity index (χ1n) is 7.95. The Morgan fingerprint density at radius 3 is 3.00 bits per heavy atom. The van der Waals surface area contributed by atoms with Crippen LogP contribution in [0.5, 0.6) is 5.75 Å². The van der Waals surface area contributed by atoms with Crippen LogP contribution in [0.2, 0.25) is 0 Å². The first-order chi connectivity index (χ1) is 12.5. The molecule has 1 unspecified atom stereocenters. The number of likely N-dealkylation sites (N-methyl/N-ethyl adjacent to an activating group) is 1. The number of amides is 1. The van der Waals surface area contributed by atoms with Crippen molar-refractivity contribution in [2.24, 2.45) is 0 Å². The summed E-state index contributed by atoms with van der Waals surface area (Å²) in [6.45, 7) is 1.61. The molecular weight excluding hydrogens is 358 g/mol. The van der Waals surface area contributed by atoms with Gasteiger partial charge in [0.2, 0.25) is 5.89 Å². The van der Waals surface area contributed by atoms with Crippen molar-refractivity contribution in [2.45, 2.75) is 19.6 Å². The fourth-order valence-corrected chi connectivity index (χ4v) is 3.19. The van der Waals surface area contributed by atoms with Crippen LogP contribution in [0.15, 0.2) is 28.9 Å². The Morgan fingerprint density at radius 1 is 1.42 bits per heavy atom. The smallest absolute Gasteiger partial charge is 0.275 e. The fraction of sp³-hybridized carbons (Fsp3) is 0.353. The largest absolute Gasteiger partial charge is 0.484 e. The van der Waals surface area contributed by atoms with E-state index < -0.39 is 18.6 Å². The summed E-state index contributed by atoms with van der Waals surface area (Å²) >= 11 is 1.62. The third kappa shape index (κ3) is 4.18. The van der Waals surface area contributed by atoms with Gasteiger partial charge in [-0.1, -0.05) is 0 Å². The lowest BCUT2D eigenvalue weighted by molar-refractivity contribution is 0.0516. The summed E-state index contributed by atoms with van der Waals surface area (Å²) in [7, 11) is 1.51. The van der Waals surface area contributed by atoms with Crippen LogP contribution in [0.3, 0.4) is 0 Å². The number of benzene rings is 1. The molecule has 3 rings (SSSR count). The molecule has 1 atom stereocenters. The Hall–Kier alpha value is -2.49. The van der Waals surface area contributed by atoms with Gasteiger partial charge in [0.05, 0.1) is 27.9 Å². The standard InChI is InChI=1S/C17H19N3O5S/c1-10-18-13-5-12(3-4-15(13)26-10)24-9-16-19-14(8-25-16)17(23)20(2)6-11(22)7-21/h3-5,8,11,21-22H,6-7,9H2,1-2H3. The van der Waals surface area contributed by atoms with Gasteiger partial charge in [-0.3, -0.25) is 4.79 Å². The topological polar surface area (TPSA) is 109 Å². The second kappa shape index (κ2) is 7.81. The van der Waals surface area contributed by atoms with E-state index in [1.165, 1.54) is 18.2 Å². The summed E-state index contributed by atoms with van der Waals surface area (Å²) in [5.74, 6) is 0.489. The van der Waals surface area contributed by atoms with Crippen molar-refractivity contribution in [1.82, 2.24) is 14.9 Å². The molecule has 0 radical (unpaired) electrons. The van der Waals surface area contributed by atoms with Crippen molar-refractivity contribution in [3.8, 4) is 5.75 Å². The SMILES string of the molecule is Cc1nc2cc(OCc3nc(C(=O)N(C)CC(O)CO)co3)ccc2s1. The van der Waals surface area contributed by atoms with Gasteiger partial charge in [0.1, 0.15) is 12.0 Å². The van der Waals surface area contributed by atoms with Crippen LogP contribution < -0.4 is 4.74 Å². The molecule has 138 valence electrons. The first kappa shape index (κ1) is 18.3. The average molecular weight is 377 g/mol. The molecule has 0 aliphatic carbocycles. The maximum atomic E-state index is 12.2. The molecule has 1 aromatic carbocycles. The Kier molecular flexibility index (Phi) is 5.50. The molecule has 2 heterocycles. The van der Waals surface area contributed by atoms with Gasteiger partial charge in [0.15, 0.2) is 12.3 Å². The summed E-state index contributed by atoms with van der Waals surface area (Å²) < 4.78 is 12.0. The highest BCUT2D eigenvalue weighted by molar-refractivity contribution is 7.18. The summed E-state index contributed by atoms with van der Waals surface area (Å²) in [6.07, 6.45) is 0.249. The predicted octanol–water partition coefficient (Wildman–Crippen LogP) is 1.60. The lowest BCUT2D eigenvalue weighted by Crippen LogP contribution is -2.36. The van der Waals surface area contributed by atoms with Gasteiger partial charge >= 0.3 is 0 Å². The van der Waals surface area contributed by atoms with E-state index in [1.54, 1.807) is 11.3 Å². The van der Waals surface area contributed by atoms with Gasteiger partial charge in [-0.15, -0.1) is 11.3 Å². The van der Waals surface area contributed by atoms with Gasteiger partial charge in [-0.05, 0) is 19.1 Å². The second-order valence-electron chi connectivity index (χ2n) is 5.80. The number of ether oxygens (including phenoxy) is 1. The number of aliphatic hydroxyl groups excluding tert-OH is 2. The van der Waals surface area contributed by atoms with E-state index in [1.807, 2.05) is 25.1 Å². The molecule has 0 aliphatic rings. The van der Waals surface area contributed by atoms with Gasteiger partial charge in [0.25, 0.3) is 5.91 Å². The minimum absolute atomic E-state index is 0.00109. The Morgan fingerprint density at radius 2 is 2.23 bits per heavy atom. The number of rotatable bonds is 7. The van der Waals surface area contributed by atoms with Crippen molar-refractivity contribution < 1.29 is 24.2 Å². The molecule has 2 N–H and O–H groups in total. The Labute approximate surface area is 153 Å². The van der Waals surface area contributed by atoms with E-state index in [2.05, 4.69) is 9.97 Å². The number of fused-ring (bicyclic) bond motifs is 1. The zero-order chi connectivity index (χ0) is 18.7. The number of carbonyl (C=O) groups excluding carboxylic acids is 1. The summed E-state index contributed by atoms with van der Waals surface area (Å²) in [5.41, 5.74) is 0.985. The highest BCUT2D eigenvalue weighted by atomic mass is 32.1. The van der Waals surface area contributed by atoms with Crippen LogP contribution in [-0.4, -0.2) is 57.3 Å². The molecule has 26 heavy (non-hydrogen) atoms. The lowest BCUT2D eigenvalue weighted by atomic mass is 10.3. The predicted molar refractivity (Wildman–Crippen MR) is 95.2 cm³/mol. The molecule has 0 fully saturated rings. The molecule has 0 saturated heterocycles. The lowest BCUT2D eigenvalue weighted by Gasteiger charge is -2.18. The Balaban J connectivity index is 1.61. The number of hydrogen-bond acceptors (Lipinski definition) is 8. The summed E-state index contributed by atoms with van der Waals surface area (Å²) in [4.78, 5) is 22.0. The molecule has 1 amide bonds. The molecular formula is C17H19N3O5S. The van der Waals surface area contributed by atoms with Gasteiger partial charge in [-0.2, -0.15) is 0 Å². The second-order valence-corrected chi connectivity index (χ2v) is 7.03. The zero-order valence-corrected chi connectivity index (χ0v) is 15.2. The number of aliphatic hydroxyl groups is 2. The van der Waals surface area contributed by atoms with Gasteiger partial charge in [0, 0.05) is 19.7 Å². The number of nitrogens with zero attached hydrogens (tertiary/aromatic N) is 3. The van der Waals surface area contributed by atoms with E-state index in [4.69, 9.17) is 14.3 Å². The van der Waals surface area contributed by atoms with E-state index in [0.717, 1.165) is 15.2 Å². The average Bonchev–Trinajstić information content (AvgIpc) is 3.24. The molecule has 0 saturated carbocycles. The minimum Gasteiger partial charge on any atom is -0.484 e. The van der Waals surface area contributed by atoms with Crippen LogP contribution >= 0.6 is 11.3 Å². The third-order valence-corrected chi connectivity index (χ3v) is 4.59.